The number of morpholine rings is 1. The average Bonchev–Trinajstić information content (AvgIpc) is 2.84. The molecule has 8 nitrogen and oxygen atoms in total. The molecule has 1 fully saturated rings. The molecular formula is C14H17N5O3. The van der Waals surface area contributed by atoms with Crippen LogP contribution in [0.5, 0.6) is 0 Å². The second kappa shape index (κ2) is 5.72. The lowest BCUT2D eigenvalue weighted by atomic mass is 10.2. The third kappa shape index (κ3) is 2.64. The van der Waals surface area contributed by atoms with Crippen molar-refractivity contribution in [2.24, 2.45) is 0 Å². The number of likely N-dealkylation sites (N-methyl/N-ethyl adjacent to an activating group) is 1. The maximum Gasteiger partial charge on any atom is 0.270 e. The zero-order valence-corrected chi connectivity index (χ0v) is 12.4. The highest BCUT2D eigenvalue weighted by Gasteiger charge is 2.24. The fourth-order valence-corrected chi connectivity index (χ4v) is 2.44. The Bertz CT molecular complexity index is 726. The van der Waals surface area contributed by atoms with Gasteiger partial charge in [0.15, 0.2) is 0 Å². The van der Waals surface area contributed by atoms with Crippen LogP contribution < -0.4 is 5.32 Å². The second-order valence-corrected chi connectivity index (χ2v) is 5.25. The summed E-state index contributed by atoms with van der Waals surface area (Å²) in [6.45, 7) is 2.62. The summed E-state index contributed by atoms with van der Waals surface area (Å²) in [6.07, 6.45) is 3.18. The Balaban J connectivity index is 1.69. The van der Waals surface area contributed by atoms with E-state index in [0.717, 1.165) is 0 Å². The number of hydrogen-bond donors (Lipinski definition) is 1. The Kier molecular flexibility index (Phi) is 3.76. The molecule has 1 saturated heterocycles. The van der Waals surface area contributed by atoms with Gasteiger partial charge < -0.3 is 15.0 Å². The second-order valence-electron chi connectivity index (χ2n) is 5.25. The molecule has 0 bridgehead atoms. The van der Waals surface area contributed by atoms with Crippen LogP contribution in [-0.4, -0.2) is 63.9 Å². The van der Waals surface area contributed by atoms with E-state index in [1.54, 1.807) is 41.7 Å². The number of nitrogens with one attached hydrogen (secondary N) is 1. The van der Waals surface area contributed by atoms with Crippen LogP contribution in [0, 0.1) is 6.92 Å². The van der Waals surface area contributed by atoms with Crippen molar-refractivity contribution in [2.45, 2.75) is 13.0 Å². The Hall–Kier alpha value is -2.48. The molecule has 0 aromatic carbocycles. The molecule has 3 heterocycles. The monoisotopic (exact) mass is 303 g/mol. The number of hydrogen-bond acceptors (Lipinski definition) is 5. The molecule has 1 atom stereocenters. The van der Waals surface area contributed by atoms with Crippen molar-refractivity contribution in [3.8, 4) is 0 Å². The summed E-state index contributed by atoms with van der Waals surface area (Å²) >= 11 is 0. The first-order chi connectivity index (χ1) is 10.6. The predicted octanol–water partition coefficient (Wildman–Crippen LogP) is -0.375. The first kappa shape index (κ1) is 14.5. The molecule has 0 spiro atoms. The summed E-state index contributed by atoms with van der Waals surface area (Å²) in [7, 11) is 1.72. The Morgan fingerprint density at radius 1 is 1.55 bits per heavy atom. The Labute approximate surface area is 127 Å². The van der Waals surface area contributed by atoms with Gasteiger partial charge in [0.05, 0.1) is 11.8 Å². The zero-order valence-electron chi connectivity index (χ0n) is 12.4. The third-order valence-electron chi connectivity index (χ3n) is 3.63. The molecule has 0 radical (unpaired) electrons. The van der Waals surface area contributed by atoms with E-state index in [9.17, 15) is 9.59 Å². The van der Waals surface area contributed by atoms with Gasteiger partial charge >= 0.3 is 0 Å². The van der Waals surface area contributed by atoms with Gasteiger partial charge in [0, 0.05) is 32.5 Å². The summed E-state index contributed by atoms with van der Waals surface area (Å²) in [4.78, 5) is 33.7. The number of ether oxygens (including phenoxy) is 1. The molecule has 3 rings (SSSR count). The molecule has 8 heteroatoms. The highest BCUT2D eigenvalue weighted by atomic mass is 16.5. The van der Waals surface area contributed by atoms with E-state index in [1.165, 1.54) is 0 Å². The number of imidazole rings is 1. The SMILES string of the molecule is Cc1nc2ncccn2c1C(=O)NC[C@H]1CN(C)C(=O)CO1. The molecule has 1 aliphatic heterocycles. The number of amides is 2. The molecule has 1 aliphatic rings. The van der Waals surface area contributed by atoms with Crippen LogP contribution in [-0.2, 0) is 9.53 Å². The Morgan fingerprint density at radius 2 is 2.36 bits per heavy atom. The number of rotatable bonds is 3. The van der Waals surface area contributed by atoms with Crippen molar-refractivity contribution < 1.29 is 14.3 Å². The van der Waals surface area contributed by atoms with Gasteiger partial charge in [0.1, 0.15) is 12.3 Å². The maximum absolute atomic E-state index is 12.4. The number of carbonyl (C=O) groups is 2. The average molecular weight is 303 g/mol. The smallest absolute Gasteiger partial charge is 0.270 e. The largest absolute Gasteiger partial charge is 0.365 e. The molecule has 2 aromatic heterocycles. The van der Waals surface area contributed by atoms with Crippen LogP contribution in [0.2, 0.25) is 0 Å². The number of nitrogens with zero attached hydrogens (tertiary/aromatic N) is 4. The quantitative estimate of drug-likeness (QED) is 0.835. The highest BCUT2D eigenvalue weighted by Crippen LogP contribution is 2.10. The van der Waals surface area contributed by atoms with Crippen LogP contribution >= 0.6 is 0 Å². The summed E-state index contributed by atoms with van der Waals surface area (Å²) < 4.78 is 7.06. The molecule has 0 aliphatic carbocycles. The van der Waals surface area contributed by atoms with Gasteiger partial charge in [0.25, 0.3) is 5.91 Å². The minimum absolute atomic E-state index is 0.0497. The van der Waals surface area contributed by atoms with Crippen LogP contribution in [0.15, 0.2) is 18.5 Å². The minimum Gasteiger partial charge on any atom is -0.365 e. The van der Waals surface area contributed by atoms with Crippen molar-refractivity contribution in [3.63, 3.8) is 0 Å². The van der Waals surface area contributed by atoms with Crippen molar-refractivity contribution in [1.82, 2.24) is 24.6 Å². The van der Waals surface area contributed by atoms with E-state index >= 15 is 0 Å². The molecule has 2 aromatic rings. The van der Waals surface area contributed by atoms with E-state index in [2.05, 4.69) is 15.3 Å². The highest BCUT2D eigenvalue weighted by molar-refractivity contribution is 5.94. The van der Waals surface area contributed by atoms with Gasteiger partial charge in [0.2, 0.25) is 11.7 Å². The van der Waals surface area contributed by atoms with Crippen molar-refractivity contribution >= 4 is 17.6 Å². The van der Waals surface area contributed by atoms with E-state index in [-0.39, 0.29) is 24.5 Å². The lowest BCUT2D eigenvalue weighted by Crippen LogP contribution is -2.48. The lowest BCUT2D eigenvalue weighted by molar-refractivity contribution is -0.146. The van der Waals surface area contributed by atoms with Crippen molar-refractivity contribution in [3.05, 3.63) is 29.8 Å². The minimum atomic E-state index is -0.235. The van der Waals surface area contributed by atoms with Crippen LogP contribution in [0.25, 0.3) is 5.78 Å². The normalized spacial score (nSPS) is 18.7. The van der Waals surface area contributed by atoms with Gasteiger partial charge in [-0.3, -0.25) is 14.0 Å². The standard InChI is InChI=1S/C14H17N5O3/c1-9-12(19-5-3-4-15-14(19)17-9)13(21)16-6-10-7-18(2)11(20)8-22-10/h3-5,10H,6-8H2,1-2H3,(H,16,21)/t10-/m0/s1. The van der Waals surface area contributed by atoms with Gasteiger partial charge in [-0.05, 0) is 13.0 Å². The predicted molar refractivity (Wildman–Crippen MR) is 77.4 cm³/mol. The van der Waals surface area contributed by atoms with E-state index in [0.29, 0.717) is 30.3 Å². The summed E-state index contributed by atoms with van der Waals surface area (Å²) in [6, 6.07) is 1.75. The van der Waals surface area contributed by atoms with Crippen LogP contribution in [0.1, 0.15) is 16.2 Å². The molecule has 2 amide bonds. The Morgan fingerprint density at radius 3 is 3.14 bits per heavy atom. The fraction of sp³-hybridized carbons (Fsp3) is 0.429. The lowest BCUT2D eigenvalue weighted by Gasteiger charge is -2.29. The number of fused-ring (bicyclic) bond motifs is 1. The van der Waals surface area contributed by atoms with Gasteiger partial charge in [-0.15, -0.1) is 0 Å². The van der Waals surface area contributed by atoms with Crippen LogP contribution in [0.3, 0.4) is 0 Å². The van der Waals surface area contributed by atoms with E-state index in [1.807, 2.05) is 0 Å². The van der Waals surface area contributed by atoms with E-state index in [4.69, 9.17) is 4.74 Å². The molecule has 22 heavy (non-hydrogen) atoms. The molecular weight excluding hydrogens is 286 g/mol. The van der Waals surface area contributed by atoms with Crippen LogP contribution in [0.4, 0.5) is 0 Å². The topological polar surface area (TPSA) is 88.8 Å². The summed E-state index contributed by atoms with van der Waals surface area (Å²) in [5.74, 6) is 0.205. The fourth-order valence-electron chi connectivity index (χ4n) is 2.44. The summed E-state index contributed by atoms with van der Waals surface area (Å²) in [5, 5.41) is 2.83. The van der Waals surface area contributed by atoms with Crippen molar-refractivity contribution in [1.29, 1.82) is 0 Å². The number of carbonyl (C=O) groups excluding carboxylic acids is 2. The van der Waals surface area contributed by atoms with Gasteiger partial charge in [-0.25, -0.2) is 9.97 Å². The van der Waals surface area contributed by atoms with E-state index < -0.39 is 0 Å². The first-order valence-corrected chi connectivity index (χ1v) is 6.99. The third-order valence-corrected chi connectivity index (χ3v) is 3.63. The molecule has 0 unspecified atom stereocenters. The number of aryl methyl sites for hydroxylation is 1. The summed E-state index contributed by atoms with van der Waals surface area (Å²) in [5.41, 5.74) is 1.08. The number of aromatic nitrogens is 3. The molecule has 1 N–H and O–H groups in total. The zero-order chi connectivity index (χ0) is 15.7. The molecule has 0 saturated carbocycles. The maximum atomic E-state index is 12.4. The van der Waals surface area contributed by atoms with Crippen molar-refractivity contribution in [2.75, 3.05) is 26.7 Å². The van der Waals surface area contributed by atoms with Gasteiger partial charge in [-0.2, -0.15) is 0 Å². The first-order valence-electron chi connectivity index (χ1n) is 6.99. The van der Waals surface area contributed by atoms with Gasteiger partial charge in [-0.1, -0.05) is 0 Å². The molecule has 116 valence electrons.